The quantitative estimate of drug-likeness (QED) is 0.798. The topological polar surface area (TPSA) is 67.3 Å². The lowest BCUT2D eigenvalue weighted by molar-refractivity contribution is -0.155. The van der Waals surface area contributed by atoms with Crippen LogP contribution in [0.3, 0.4) is 0 Å². The van der Waals surface area contributed by atoms with Crippen LogP contribution in [0.4, 0.5) is 5.95 Å². The molecule has 6 nitrogen and oxygen atoms in total. The molecule has 1 aliphatic heterocycles. The maximum Gasteiger partial charge on any atom is 0.313 e. The lowest BCUT2D eigenvalue weighted by Gasteiger charge is -2.40. The van der Waals surface area contributed by atoms with Crippen LogP contribution in [0.25, 0.3) is 0 Å². The number of rotatable bonds is 6. The predicted octanol–water partition coefficient (Wildman–Crippen LogP) is 2.84. The zero-order valence-electron chi connectivity index (χ0n) is 16.5. The first-order valence-corrected chi connectivity index (χ1v) is 9.10. The number of aromatic nitrogens is 2. The first-order chi connectivity index (χ1) is 11.7. The van der Waals surface area contributed by atoms with E-state index in [0.717, 1.165) is 30.4 Å². The Labute approximate surface area is 151 Å². The van der Waals surface area contributed by atoms with E-state index in [1.165, 1.54) is 26.4 Å². The molecular weight excluding hydrogens is 316 g/mol. The van der Waals surface area contributed by atoms with Gasteiger partial charge < -0.3 is 15.0 Å². The zero-order chi connectivity index (χ0) is 18.7. The molecule has 0 atom stereocenters. The van der Waals surface area contributed by atoms with Crippen LogP contribution in [0.2, 0.25) is 0 Å². The van der Waals surface area contributed by atoms with Crippen LogP contribution < -0.4 is 10.2 Å². The van der Waals surface area contributed by atoms with Crippen molar-refractivity contribution in [1.82, 2.24) is 15.3 Å². The number of piperidine rings is 1. The fourth-order valence-electron chi connectivity index (χ4n) is 2.99. The van der Waals surface area contributed by atoms with Crippen molar-refractivity contribution in [3.8, 4) is 0 Å². The number of nitrogens with zero attached hydrogens (tertiary/aromatic N) is 3. The molecule has 0 aromatic carbocycles. The highest BCUT2D eigenvalue weighted by Crippen LogP contribution is 2.32. The Bertz CT molecular complexity index is 607. The molecular formula is C19H32N4O2. The number of esters is 1. The molecule has 1 saturated heterocycles. The SMILES string of the molecule is COC(=O)C(C)(C)C(C)(C)NCc1cc(C)nc(N2CCCCC2)n1. The van der Waals surface area contributed by atoms with E-state index in [-0.39, 0.29) is 5.97 Å². The van der Waals surface area contributed by atoms with Crippen LogP contribution in [-0.2, 0) is 16.1 Å². The molecule has 1 aliphatic rings. The van der Waals surface area contributed by atoms with Crippen molar-refractivity contribution in [2.24, 2.45) is 5.41 Å². The van der Waals surface area contributed by atoms with Gasteiger partial charge in [-0.25, -0.2) is 9.97 Å². The predicted molar refractivity (Wildman–Crippen MR) is 99.5 cm³/mol. The van der Waals surface area contributed by atoms with Gasteiger partial charge in [0.25, 0.3) is 0 Å². The number of hydrogen-bond donors (Lipinski definition) is 1. The number of methoxy groups -OCH3 is 1. The third-order valence-corrected chi connectivity index (χ3v) is 5.50. The molecule has 25 heavy (non-hydrogen) atoms. The van der Waals surface area contributed by atoms with Crippen molar-refractivity contribution < 1.29 is 9.53 Å². The molecule has 0 bridgehead atoms. The minimum Gasteiger partial charge on any atom is -0.469 e. The summed E-state index contributed by atoms with van der Waals surface area (Å²) >= 11 is 0. The fourth-order valence-corrected chi connectivity index (χ4v) is 2.99. The van der Waals surface area contributed by atoms with Gasteiger partial charge in [0.1, 0.15) is 0 Å². The van der Waals surface area contributed by atoms with Crippen molar-refractivity contribution in [1.29, 1.82) is 0 Å². The molecule has 1 aromatic heterocycles. The molecule has 140 valence electrons. The number of hydrogen-bond acceptors (Lipinski definition) is 6. The van der Waals surface area contributed by atoms with Crippen molar-refractivity contribution >= 4 is 11.9 Å². The Balaban J connectivity index is 2.12. The van der Waals surface area contributed by atoms with E-state index < -0.39 is 11.0 Å². The molecule has 0 radical (unpaired) electrons. The second-order valence-electron chi connectivity index (χ2n) is 7.94. The second kappa shape index (κ2) is 7.68. The highest BCUT2D eigenvalue weighted by molar-refractivity contribution is 5.77. The zero-order valence-corrected chi connectivity index (χ0v) is 16.5. The van der Waals surface area contributed by atoms with Gasteiger partial charge in [0.15, 0.2) is 0 Å². The van der Waals surface area contributed by atoms with Gasteiger partial charge in [-0.3, -0.25) is 4.79 Å². The van der Waals surface area contributed by atoms with Crippen LogP contribution in [0.15, 0.2) is 6.07 Å². The number of ether oxygens (including phenoxy) is 1. The van der Waals surface area contributed by atoms with Crippen LogP contribution in [-0.4, -0.2) is 41.7 Å². The molecule has 2 heterocycles. The Kier molecular flexibility index (Phi) is 6.03. The third kappa shape index (κ3) is 4.48. The van der Waals surface area contributed by atoms with E-state index in [2.05, 4.69) is 15.2 Å². The molecule has 2 rings (SSSR count). The third-order valence-electron chi connectivity index (χ3n) is 5.50. The monoisotopic (exact) mass is 348 g/mol. The fraction of sp³-hybridized carbons (Fsp3) is 0.737. The Morgan fingerprint density at radius 2 is 1.84 bits per heavy atom. The number of nitrogens with one attached hydrogen (secondary N) is 1. The first-order valence-electron chi connectivity index (χ1n) is 9.10. The van der Waals surface area contributed by atoms with E-state index in [4.69, 9.17) is 9.72 Å². The molecule has 0 amide bonds. The Morgan fingerprint density at radius 3 is 2.44 bits per heavy atom. The van der Waals surface area contributed by atoms with Gasteiger partial charge in [-0.1, -0.05) is 0 Å². The molecule has 1 N–H and O–H groups in total. The smallest absolute Gasteiger partial charge is 0.313 e. The minimum atomic E-state index is -0.653. The summed E-state index contributed by atoms with van der Waals surface area (Å²) in [6.45, 7) is 12.5. The van der Waals surface area contributed by atoms with Crippen molar-refractivity contribution in [2.75, 3.05) is 25.1 Å². The molecule has 1 aromatic rings. The molecule has 0 aliphatic carbocycles. The summed E-state index contributed by atoms with van der Waals surface area (Å²) in [5, 5.41) is 3.48. The van der Waals surface area contributed by atoms with E-state index in [0.29, 0.717) is 6.54 Å². The number of aryl methyl sites for hydroxylation is 1. The van der Waals surface area contributed by atoms with Gasteiger partial charge in [-0.05, 0) is 59.9 Å². The summed E-state index contributed by atoms with van der Waals surface area (Å²) < 4.78 is 4.96. The number of carbonyl (C=O) groups is 1. The van der Waals surface area contributed by atoms with Gasteiger partial charge >= 0.3 is 5.97 Å². The maximum absolute atomic E-state index is 12.1. The van der Waals surface area contributed by atoms with Crippen molar-refractivity contribution in [3.05, 3.63) is 17.5 Å². The Morgan fingerprint density at radius 1 is 1.20 bits per heavy atom. The summed E-state index contributed by atoms with van der Waals surface area (Å²) in [6.07, 6.45) is 3.68. The summed E-state index contributed by atoms with van der Waals surface area (Å²) in [5.41, 5.74) is 0.822. The van der Waals surface area contributed by atoms with Crippen LogP contribution in [0.1, 0.15) is 58.3 Å². The highest BCUT2D eigenvalue weighted by atomic mass is 16.5. The van der Waals surface area contributed by atoms with Gasteiger partial charge in [0, 0.05) is 30.9 Å². The standard InChI is InChI=1S/C19H32N4O2/c1-14-12-15(22-17(21-14)23-10-8-7-9-11-23)13-20-19(4,5)18(2,3)16(24)25-6/h12,20H,7-11,13H2,1-6H3. The summed E-state index contributed by atoms with van der Waals surface area (Å²) in [4.78, 5) is 23.7. The highest BCUT2D eigenvalue weighted by Gasteiger charge is 2.43. The van der Waals surface area contributed by atoms with Crippen LogP contribution in [0.5, 0.6) is 0 Å². The lowest BCUT2D eigenvalue weighted by atomic mass is 9.74. The van der Waals surface area contributed by atoms with Crippen molar-refractivity contribution in [2.45, 2.75) is 66.0 Å². The van der Waals surface area contributed by atoms with E-state index >= 15 is 0 Å². The molecule has 0 unspecified atom stereocenters. The van der Waals surface area contributed by atoms with Crippen LogP contribution in [0, 0.1) is 12.3 Å². The first kappa shape index (κ1) is 19.6. The lowest BCUT2D eigenvalue weighted by Crippen LogP contribution is -2.55. The average Bonchev–Trinajstić information content (AvgIpc) is 2.59. The van der Waals surface area contributed by atoms with Gasteiger partial charge in [0.05, 0.1) is 18.2 Å². The van der Waals surface area contributed by atoms with E-state index in [1.54, 1.807) is 0 Å². The number of carbonyl (C=O) groups excluding carboxylic acids is 1. The van der Waals surface area contributed by atoms with Gasteiger partial charge in [-0.15, -0.1) is 0 Å². The molecule has 6 heteroatoms. The molecule has 0 saturated carbocycles. The van der Waals surface area contributed by atoms with Gasteiger partial charge in [-0.2, -0.15) is 0 Å². The largest absolute Gasteiger partial charge is 0.469 e. The Hall–Kier alpha value is -1.69. The molecule has 0 spiro atoms. The van der Waals surface area contributed by atoms with E-state index in [9.17, 15) is 4.79 Å². The summed E-state index contributed by atoms with van der Waals surface area (Å²) in [6, 6.07) is 2.00. The minimum absolute atomic E-state index is 0.224. The normalized spacial score (nSPS) is 16.0. The van der Waals surface area contributed by atoms with Crippen molar-refractivity contribution in [3.63, 3.8) is 0 Å². The average molecular weight is 348 g/mol. The van der Waals surface area contributed by atoms with E-state index in [1.807, 2.05) is 40.7 Å². The molecule has 1 fully saturated rings. The van der Waals surface area contributed by atoms with Gasteiger partial charge in [0.2, 0.25) is 5.95 Å². The second-order valence-corrected chi connectivity index (χ2v) is 7.94. The van der Waals surface area contributed by atoms with Crippen LogP contribution >= 0.6 is 0 Å². The maximum atomic E-state index is 12.1. The number of anilines is 1. The summed E-state index contributed by atoms with van der Waals surface area (Å²) in [5.74, 6) is 0.597. The summed E-state index contributed by atoms with van der Waals surface area (Å²) in [7, 11) is 1.43.